The van der Waals surface area contributed by atoms with Gasteiger partial charge < -0.3 is 0 Å². The van der Waals surface area contributed by atoms with Crippen LogP contribution in [0.5, 0.6) is 0 Å². The highest BCUT2D eigenvalue weighted by molar-refractivity contribution is 6.31. The van der Waals surface area contributed by atoms with Crippen molar-refractivity contribution >= 4 is 11.6 Å². The Labute approximate surface area is 107 Å². The molecule has 1 saturated carbocycles. The Kier molecular flexibility index (Phi) is 4.07. The van der Waals surface area contributed by atoms with Crippen LogP contribution < -0.4 is 11.3 Å². The van der Waals surface area contributed by atoms with E-state index in [0.717, 1.165) is 41.6 Å². The topological polar surface area (TPSA) is 55.9 Å². The molecule has 1 aliphatic rings. The molecule has 0 saturated heterocycles. The van der Waals surface area contributed by atoms with E-state index in [1.54, 1.807) is 0 Å². The molecule has 5 heteroatoms. The molecule has 0 bridgehead atoms. The van der Waals surface area contributed by atoms with Crippen LogP contribution in [0.25, 0.3) is 0 Å². The summed E-state index contributed by atoms with van der Waals surface area (Å²) in [5.41, 5.74) is 4.97. The SMILES string of the molecule is CCc1nn(C)c(CC(CC2CC2)NN)c1Cl. The summed E-state index contributed by atoms with van der Waals surface area (Å²) in [6, 6.07) is 0.306. The fourth-order valence-corrected chi connectivity index (χ4v) is 2.61. The number of nitrogens with one attached hydrogen (secondary N) is 1. The van der Waals surface area contributed by atoms with Gasteiger partial charge in [0.2, 0.25) is 0 Å². The van der Waals surface area contributed by atoms with Crippen molar-refractivity contribution in [2.75, 3.05) is 0 Å². The van der Waals surface area contributed by atoms with Gasteiger partial charge in [0.25, 0.3) is 0 Å². The highest BCUT2D eigenvalue weighted by atomic mass is 35.5. The minimum absolute atomic E-state index is 0.306. The Balaban J connectivity index is 2.07. The first-order chi connectivity index (χ1) is 8.15. The molecule has 4 nitrogen and oxygen atoms in total. The molecular formula is C12H21ClN4. The molecule has 0 aliphatic heterocycles. The van der Waals surface area contributed by atoms with Gasteiger partial charge >= 0.3 is 0 Å². The maximum Gasteiger partial charge on any atom is 0.0850 e. The first-order valence-corrected chi connectivity index (χ1v) is 6.69. The van der Waals surface area contributed by atoms with Crippen LogP contribution in [0.2, 0.25) is 5.02 Å². The van der Waals surface area contributed by atoms with Gasteiger partial charge in [-0.3, -0.25) is 16.0 Å². The fraction of sp³-hybridized carbons (Fsp3) is 0.750. The predicted molar refractivity (Wildman–Crippen MR) is 69.8 cm³/mol. The maximum atomic E-state index is 6.33. The van der Waals surface area contributed by atoms with E-state index in [4.69, 9.17) is 17.4 Å². The third-order valence-corrected chi connectivity index (χ3v) is 3.93. The number of nitrogens with two attached hydrogens (primary N) is 1. The summed E-state index contributed by atoms with van der Waals surface area (Å²) in [7, 11) is 1.95. The van der Waals surface area contributed by atoms with E-state index in [2.05, 4.69) is 17.4 Å². The summed E-state index contributed by atoms with van der Waals surface area (Å²) < 4.78 is 1.89. The van der Waals surface area contributed by atoms with E-state index >= 15 is 0 Å². The summed E-state index contributed by atoms with van der Waals surface area (Å²) in [5, 5.41) is 5.24. The average Bonchev–Trinajstić information content (AvgIpc) is 3.09. The second-order valence-corrected chi connectivity index (χ2v) is 5.31. The van der Waals surface area contributed by atoms with Gasteiger partial charge in [-0.25, -0.2) is 0 Å². The number of aromatic nitrogens is 2. The first kappa shape index (κ1) is 12.9. The molecule has 3 N–H and O–H groups in total. The molecule has 96 valence electrons. The standard InChI is InChI=1S/C12H21ClN4/c1-3-10-12(13)11(17(2)16-10)7-9(15-14)6-8-4-5-8/h8-9,15H,3-7,14H2,1-2H3. The smallest absolute Gasteiger partial charge is 0.0850 e. The van der Waals surface area contributed by atoms with Gasteiger partial charge in [-0.2, -0.15) is 5.10 Å². The lowest BCUT2D eigenvalue weighted by molar-refractivity contribution is 0.455. The Morgan fingerprint density at radius 2 is 2.29 bits per heavy atom. The molecule has 0 spiro atoms. The summed E-state index contributed by atoms with van der Waals surface area (Å²) in [5.74, 6) is 6.47. The largest absolute Gasteiger partial charge is 0.271 e. The predicted octanol–water partition coefficient (Wildman–Crippen LogP) is 1.81. The third-order valence-electron chi connectivity index (χ3n) is 3.49. The molecule has 1 aromatic heterocycles. The van der Waals surface area contributed by atoms with Gasteiger partial charge in [-0.05, 0) is 18.8 Å². The molecule has 0 radical (unpaired) electrons. The van der Waals surface area contributed by atoms with Crippen LogP contribution >= 0.6 is 11.6 Å². The van der Waals surface area contributed by atoms with Crippen molar-refractivity contribution in [3.8, 4) is 0 Å². The third kappa shape index (κ3) is 3.00. The van der Waals surface area contributed by atoms with Gasteiger partial charge in [-0.15, -0.1) is 0 Å². The Bertz CT molecular complexity index is 384. The number of hydrazine groups is 1. The lowest BCUT2D eigenvalue weighted by Gasteiger charge is -2.15. The molecular weight excluding hydrogens is 236 g/mol. The summed E-state index contributed by atoms with van der Waals surface area (Å²) >= 11 is 6.33. The van der Waals surface area contributed by atoms with E-state index < -0.39 is 0 Å². The number of nitrogens with zero attached hydrogens (tertiary/aromatic N) is 2. The Morgan fingerprint density at radius 1 is 1.59 bits per heavy atom. The zero-order chi connectivity index (χ0) is 12.4. The molecule has 0 amide bonds. The molecule has 1 aliphatic carbocycles. The zero-order valence-electron chi connectivity index (χ0n) is 10.5. The number of rotatable bonds is 6. The van der Waals surface area contributed by atoms with Gasteiger partial charge in [-0.1, -0.05) is 31.4 Å². The lowest BCUT2D eigenvalue weighted by atomic mass is 10.1. The molecule has 1 fully saturated rings. The van der Waals surface area contributed by atoms with E-state index in [9.17, 15) is 0 Å². The van der Waals surface area contributed by atoms with Crippen LogP contribution in [0.4, 0.5) is 0 Å². The van der Waals surface area contributed by atoms with Crippen LogP contribution in [0.1, 0.15) is 37.6 Å². The molecule has 1 heterocycles. The second kappa shape index (κ2) is 5.38. The van der Waals surface area contributed by atoms with Crippen molar-refractivity contribution in [3.63, 3.8) is 0 Å². The lowest BCUT2D eigenvalue weighted by Crippen LogP contribution is -2.37. The minimum atomic E-state index is 0.306. The van der Waals surface area contributed by atoms with Crippen LogP contribution in [0.3, 0.4) is 0 Å². The molecule has 0 aromatic carbocycles. The van der Waals surface area contributed by atoms with E-state index in [1.165, 1.54) is 12.8 Å². The van der Waals surface area contributed by atoms with Gasteiger partial charge in [0.05, 0.1) is 16.4 Å². The second-order valence-electron chi connectivity index (χ2n) is 4.93. The van der Waals surface area contributed by atoms with E-state index in [-0.39, 0.29) is 0 Å². The number of halogens is 1. The molecule has 17 heavy (non-hydrogen) atoms. The molecule has 2 rings (SSSR count). The van der Waals surface area contributed by atoms with Crippen LogP contribution in [0.15, 0.2) is 0 Å². The molecule has 1 atom stereocenters. The quantitative estimate of drug-likeness (QED) is 0.603. The van der Waals surface area contributed by atoms with Crippen molar-refractivity contribution < 1.29 is 0 Å². The monoisotopic (exact) mass is 256 g/mol. The van der Waals surface area contributed by atoms with Crippen LogP contribution in [0, 0.1) is 5.92 Å². The fourth-order valence-electron chi connectivity index (χ4n) is 2.24. The van der Waals surface area contributed by atoms with Gasteiger partial charge in [0.1, 0.15) is 0 Å². The maximum absolute atomic E-state index is 6.33. The van der Waals surface area contributed by atoms with Crippen molar-refractivity contribution in [2.45, 2.75) is 45.1 Å². The van der Waals surface area contributed by atoms with Crippen molar-refractivity contribution in [3.05, 3.63) is 16.4 Å². The van der Waals surface area contributed by atoms with Crippen LogP contribution in [-0.2, 0) is 19.9 Å². The van der Waals surface area contributed by atoms with E-state index in [1.807, 2.05) is 11.7 Å². The molecule has 1 unspecified atom stereocenters. The summed E-state index contributed by atoms with van der Waals surface area (Å²) in [4.78, 5) is 0. The highest BCUT2D eigenvalue weighted by Crippen LogP contribution is 2.34. The first-order valence-electron chi connectivity index (χ1n) is 6.32. The van der Waals surface area contributed by atoms with Crippen molar-refractivity contribution in [1.82, 2.24) is 15.2 Å². The molecule has 1 aromatic rings. The zero-order valence-corrected chi connectivity index (χ0v) is 11.3. The number of hydrogen-bond donors (Lipinski definition) is 2. The number of aryl methyl sites for hydroxylation is 2. The summed E-state index contributed by atoms with van der Waals surface area (Å²) in [6.45, 7) is 2.07. The summed E-state index contributed by atoms with van der Waals surface area (Å²) in [6.07, 6.45) is 5.56. The Morgan fingerprint density at radius 3 is 2.76 bits per heavy atom. The van der Waals surface area contributed by atoms with Crippen molar-refractivity contribution in [2.24, 2.45) is 18.8 Å². The average molecular weight is 257 g/mol. The van der Waals surface area contributed by atoms with E-state index in [0.29, 0.717) is 6.04 Å². The normalized spacial score (nSPS) is 17.4. The van der Waals surface area contributed by atoms with Gasteiger partial charge in [0, 0.05) is 19.5 Å². The van der Waals surface area contributed by atoms with Crippen LogP contribution in [-0.4, -0.2) is 15.8 Å². The van der Waals surface area contributed by atoms with Gasteiger partial charge in [0.15, 0.2) is 0 Å². The van der Waals surface area contributed by atoms with Crippen molar-refractivity contribution in [1.29, 1.82) is 0 Å². The minimum Gasteiger partial charge on any atom is -0.271 e. The number of hydrogen-bond acceptors (Lipinski definition) is 3. The highest BCUT2D eigenvalue weighted by Gasteiger charge is 2.26. The Hall–Kier alpha value is -0.580.